The summed E-state index contributed by atoms with van der Waals surface area (Å²) < 4.78 is 5.33. The molecule has 7 nitrogen and oxygen atoms in total. The van der Waals surface area contributed by atoms with E-state index in [-0.39, 0.29) is 16.4 Å². The number of nitro benzene ring substituents is 1. The largest absolute Gasteiger partial charge is 0.494 e. The molecular weight excluding hydrogens is 330 g/mol. The number of rotatable bonds is 5. The summed E-state index contributed by atoms with van der Waals surface area (Å²) in [5.41, 5.74) is 0.677. The summed E-state index contributed by atoms with van der Waals surface area (Å²) in [5.74, 6) is 0.205. The first-order valence-corrected chi connectivity index (χ1v) is 7.50. The molecule has 0 bridgehead atoms. The van der Waals surface area contributed by atoms with Crippen molar-refractivity contribution in [3.63, 3.8) is 0 Å². The molecule has 0 heterocycles. The Bertz CT molecular complexity index is 762. The van der Waals surface area contributed by atoms with Crippen LogP contribution in [-0.4, -0.2) is 22.5 Å². The fraction of sp³-hybridized carbons (Fsp3) is 0.125. The van der Waals surface area contributed by atoms with E-state index in [1.54, 1.807) is 24.3 Å². The van der Waals surface area contributed by atoms with Crippen molar-refractivity contribution in [3.05, 3.63) is 64.2 Å². The van der Waals surface area contributed by atoms with Gasteiger partial charge in [-0.3, -0.25) is 20.2 Å². The first-order valence-electron chi connectivity index (χ1n) is 7.09. The highest BCUT2D eigenvalue weighted by Crippen LogP contribution is 2.16. The van der Waals surface area contributed by atoms with Crippen LogP contribution in [0.4, 0.5) is 11.4 Å². The summed E-state index contributed by atoms with van der Waals surface area (Å²) in [6.07, 6.45) is 0. The number of nitrogens with one attached hydrogen (secondary N) is 2. The summed E-state index contributed by atoms with van der Waals surface area (Å²) in [4.78, 5) is 22.3. The van der Waals surface area contributed by atoms with Gasteiger partial charge in [-0.1, -0.05) is 6.07 Å². The predicted octanol–water partition coefficient (Wildman–Crippen LogP) is 3.12. The number of nitrogens with zero attached hydrogens (tertiary/aromatic N) is 1. The SMILES string of the molecule is CCOc1ccc(NC(=S)NC(=O)c2cccc([N+](=O)[O-])c2)cc1. The van der Waals surface area contributed by atoms with Crippen molar-refractivity contribution >= 4 is 34.6 Å². The quantitative estimate of drug-likeness (QED) is 0.491. The maximum absolute atomic E-state index is 12.1. The number of benzene rings is 2. The van der Waals surface area contributed by atoms with Gasteiger partial charge in [0.25, 0.3) is 11.6 Å². The van der Waals surface area contributed by atoms with Gasteiger partial charge in [0, 0.05) is 23.4 Å². The number of nitro groups is 1. The zero-order valence-corrected chi connectivity index (χ0v) is 13.6. The lowest BCUT2D eigenvalue weighted by atomic mass is 10.2. The smallest absolute Gasteiger partial charge is 0.270 e. The van der Waals surface area contributed by atoms with E-state index in [0.717, 1.165) is 5.75 Å². The van der Waals surface area contributed by atoms with E-state index in [9.17, 15) is 14.9 Å². The summed E-state index contributed by atoms with van der Waals surface area (Å²) in [7, 11) is 0. The molecule has 0 aliphatic heterocycles. The van der Waals surface area contributed by atoms with E-state index in [1.165, 1.54) is 24.3 Å². The van der Waals surface area contributed by atoms with Crippen LogP contribution in [0.1, 0.15) is 17.3 Å². The van der Waals surface area contributed by atoms with Crippen LogP contribution in [0.2, 0.25) is 0 Å². The number of hydrogen-bond acceptors (Lipinski definition) is 5. The Morgan fingerprint density at radius 3 is 2.58 bits per heavy atom. The molecule has 0 fully saturated rings. The van der Waals surface area contributed by atoms with Gasteiger partial charge in [0.1, 0.15) is 5.75 Å². The average Bonchev–Trinajstić information content (AvgIpc) is 2.57. The fourth-order valence-electron chi connectivity index (χ4n) is 1.90. The van der Waals surface area contributed by atoms with Gasteiger partial charge in [0.05, 0.1) is 11.5 Å². The highest BCUT2D eigenvalue weighted by Gasteiger charge is 2.12. The number of ether oxygens (including phenoxy) is 1. The Morgan fingerprint density at radius 2 is 1.96 bits per heavy atom. The molecule has 8 heteroatoms. The standard InChI is InChI=1S/C16H15N3O4S/c1-2-23-14-8-6-12(7-9-14)17-16(24)18-15(20)11-4-3-5-13(10-11)19(21)22/h3-10H,2H2,1H3,(H2,17,18,20,24). The zero-order chi connectivity index (χ0) is 17.5. The maximum atomic E-state index is 12.1. The Kier molecular flexibility index (Phi) is 5.80. The number of amides is 1. The van der Waals surface area contributed by atoms with Crippen LogP contribution < -0.4 is 15.4 Å². The Hall–Kier alpha value is -3.00. The molecule has 124 valence electrons. The molecule has 2 aromatic carbocycles. The highest BCUT2D eigenvalue weighted by atomic mass is 32.1. The van der Waals surface area contributed by atoms with Crippen molar-refractivity contribution in [1.29, 1.82) is 0 Å². The third-order valence-electron chi connectivity index (χ3n) is 2.97. The number of carbonyl (C=O) groups excluding carboxylic acids is 1. The monoisotopic (exact) mass is 345 g/mol. The molecule has 0 saturated heterocycles. The van der Waals surface area contributed by atoms with E-state index >= 15 is 0 Å². The van der Waals surface area contributed by atoms with E-state index < -0.39 is 10.8 Å². The van der Waals surface area contributed by atoms with Gasteiger partial charge in [-0.2, -0.15) is 0 Å². The third-order valence-corrected chi connectivity index (χ3v) is 3.17. The third kappa shape index (κ3) is 4.75. The lowest BCUT2D eigenvalue weighted by Crippen LogP contribution is -2.34. The lowest BCUT2D eigenvalue weighted by Gasteiger charge is -2.10. The summed E-state index contributed by atoms with van der Waals surface area (Å²) in [6.45, 7) is 2.47. The molecule has 0 aliphatic carbocycles. The number of non-ortho nitro benzene ring substituents is 1. The van der Waals surface area contributed by atoms with Gasteiger partial charge >= 0.3 is 0 Å². The molecule has 0 radical (unpaired) electrons. The van der Waals surface area contributed by atoms with Crippen molar-refractivity contribution in [2.45, 2.75) is 6.92 Å². The lowest BCUT2D eigenvalue weighted by molar-refractivity contribution is -0.384. The van der Waals surface area contributed by atoms with E-state index in [2.05, 4.69) is 10.6 Å². The number of carbonyl (C=O) groups is 1. The Labute approximate surface area is 143 Å². The van der Waals surface area contributed by atoms with Crippen LogP contribution >= 0.6 is 12.2 Å². The number of hydrogen-bond donors (Lipinski definition) is 2. The topological polar surface area (TPSA) is 93.5 Å². The molecule has 0 aliphatic rings. The number of thiocarbonyl (C=S) groups is 1. The second-order valence-electron chi connectivity index (χ2n) is 4.67. The van der Waals surface area contributed by atoms with Gasteiger partial charge in [-0.05, 0) is 49.5 Å². The minimum atomic E-state index is -0.562. The normalized spacial score (nSPS) is 9.88. The minimum Gasteiger partial charge on any atom is -0.494 e. The zero-order valence-electron chi connectivity index (χ0n) is 12.8. The van der Waals surface area contributed by atoms with E-state index in [4.69, 9.17) is 17.0 Å². The average molecular weight is 345 g/mol. The molecule has 2 rings (SSSR count). The molecule has 2 aromatic rings. The van der Waals surface area contributed by atoms with Crippen LogP contribution in [0.3, 0.4) is 0 Å². The molecule has 1 amide bonds. The highest BCUT2D eigenvalue weighted by molar-refractivity contribution is 7.80. The molecule has 0 aromatic heterocycles. The van der Waals surface area contributed by atoms with Gasteiger partial charge in [-0.25, -0.2) is 0 Å². The van der Waals surface area contributed by atoms with E-state index in [1.807, 2.05) is 6.92 Å². The molecule has 0 atom stereocenters. The van der Waals surface area contributed by atoms with Crippen LogP contribution in [-0.2, 0) is 0 Å². The van der Waals surface area contributed by atoms with Gasteiger partial charge in [-0.15, -0.1) is 0 Å². The van der Waals surface area contributed by atoms with Crippen molar-refractivity contribution in [1.82, 2.24) is 5.32 Å². The van der Waals surface area contributed by atoms with Crippen molar-refractivity contribution in [2.24, 2.45) is 0 Å². The summed E-state index contributed by atoms with van der Waals surface area (Å²) in [5, 5.41) is 16.2. The predicted molar refractivity (Wildman–Crippen MR) is 94.4 cm³/mol. The Morgan fingerprint density at radius 1 is 1.25 bits per heavy atom. The molecule has 24 heavy (non-hydrogen) atoms. The first-order chi connectivity index (χ1) is 11.5. The second-order valence-corrected chi connectivity index (χ2v) is 5.08. The number of anilines is 1. The molecule has 0 unspecified atom stereocenters. The van der Waals surface area contributed by atoms with E-state index in [0.29, 0.717) is 12.3 Å². The molecule has 2 N–H and O–H groups in total. The van der Waals surface area contributed by atoms with Crippen molar-refractivity contribution in [2.75, 3.05) is 11.9 Å². The maximum Gasteiger partial charge on any atom is 0.270 e. The van der Waals surface area contributed by atoms with Crippen molar-refractivity contribution in [3.8, 4) is 5.75 Å². The van der Waals surface area contributed by atoms with Crippen LogP contribution in [0.5, 0.6) is 5.75 Å². The molecular formula is C16H15N3O4S. The van der Waals surface area contributed by atoms with Crippen LogP contribution in [0, 0.1) is 10.1 Å². The first kappa shape index (κ1) is 17.4. The summed E-state index contributed by atoms with van der Waals surface area (Å²) >= 11 is 5.07. The van der Waals surface area contributed by atoms with Gasteiger partial charge in [0.15, 0.2) is 5.11 Å². The fourth-order valence-corrected chi connectivity index (χ4v) is 2.11. The summed E-state index contributed by atoms with van der Waals surface area (Å²) in [6, 6.07) is 12.5. The van der Waals surface area contributed by atoms with Gasteiger partial charge < -0.3 is 10.1 Å². The molecule has 0 spiro atoms. The van der Waals surface area contributed by atoms with Gasteiger partial charge in [0.2, 0.25) is 0 Å². The second kappa shape index (κ2) is 8.02. The van der Waals surface area contributed by atoms with Crippen LogP contribution in [0.15, 0.2) is 48.5 Å². The van der Waals surface area contributed by atoms with Crippen molar-refractivity contribution < 1.29 is 14.5 Å². The Balaban J connectivity index is 1.97. The molecule has 0 saturated carbocycles. The minimum absolute atomic E-state index is 0.0932. The van der Waals surface area contributed by atoms with Crippen LogP contribution in [0.25, 0.3) is 0 Å².